The third-order valence-corrected chi connectivity index (χ3v) is 4.45. The molecule has 82 valence electrons. The number of hydrogen-bond acceptors (Lipinski definition) is 1. The van der Waals surface area contributed by atoms with E-state index in [4.69, 9.17) is 0 Å². The van der Waals surface area contributed by atoms with Gasteiger partial charge in [0.2, 0.25) is 0 Å². The van der Waals surface area contributed by atoms with Crippen LogP contribution in [0.4, 0.5) is 0 Å². The van der Waals surface area contributed by atoms with Crippen molar-refractivity contribution in [1.82, 2.24) is 0 Å². The Labute approximate surface area is 99.8 Å². The molecule has 0 aromatic rings. The molecular formula is C13H17BrO. The van der Waals surface area contributed by atoms with E-state index in [2.05, 4.69) is 35.9 Å². The lowest BCUT2D eigenvalue weighted by molar-refractivity contribution is -0.114. The van der Waals surface area contributed by atoms with Gasteiger partial charge in [0.05, 0.1) is 4.32 Å². The molecule has 0 aromatic heterocycles. The van der Waals surface area contributed by atoms with Crippen molar-refractivity contribution in [3.63, 3.8) is 0 Å². The van der Waals surface area contributed by atoms with Crippen molar-refractivity contribution >= 4 is 21.7 Å². The van der Waals surface area contributed by atoms with Crippen LogP contribution in [0.1, 0.15) is 33.1 Å². The Kier molecular flexibility index (Phi) is 2.89. The summed E-state index contributed by atoms with van der Waals surface area (Å²) in [4.78, 5) is 11.7. The maximum Gasteiger partial charge on any atom is 0.159 e. The van der Waals surface area contributed by atoms with Crippen molar-refractivity contribution in [2.45, 2.75) is 37.4 Å². The zero-order valence-electron chi connectivity index (χ0n) is 9.29. The molecule has 15 heavy (non-hydrogen) atoms. The van der Waals surface area contributed by atoms with Gasteiger partial charge in [-0.1, -0.05) is 48.0 Å². The Bertz CT molecular complexity index is 340. The fourth-order valence-corrected chi connectivity index (χ4v) is 4.02. The largest absolute Gasteiger partial charge is 0.295 e. The number of fused-ring (bicyclic) bond motifs is 1. The summed E-state index contributed by atoms with van der Waals surface area (Å²) < 4.78 is 0.0252. The second-order valence-electron chi connectivity index (χ2n) is 5.02. The molecule has 1 nitrogen and oxygen atoms in total. The molecule has 0 amide bonds. The smallest absolute Gasteiger partial charge is 0.159 e. The van der Waals surface area contributed by atoms with Gasteiger partial charge < -0.3 is 0 Å². The monoisotopic (exact) mass is 268 g/mol. The number of hydrogen-bond donors (Lipinski definition) is 0. The van der Waals surface area contributed by atoms with Gasteiger partial charge in [-0.05, 0) is 24.3 Å². The second kappa shape index (κ2) is 3.89. The summed E-state index contributed by atoms with van der Waals surface area (Å²) in [5, 5.41) is 0. The number of carbonyl (C=O) groups excluding carboxylic acids is 1. The first-order valence-electron chi connectivity index (χ1n) is 5.64. The number of carbonyl (C=O) groups is 1. The lowest BCUT2D eigenvalue weighted by atomic mass is 9.79. The summed E-state index contributed by atoms with van der Waals surface area (Å²) in [5.74, 6) is 1.39. The number of halogens is 1. The Hall–Kier alpha value is -0.370. The highest BCUT2D eigenvalue weighted by Crippen LogP contribution is 2.47. The van der Waals surface area contributed by atoms with Gasteiger partial charge in [0.1, 0.15) is 0 Å². The summed E-state index contributed by atoms with van der Waals surface area (Å²) in [5.41, 5.74) is 1.04. The third kappa shape index (κ3) is 1.96. The molecule has 0 bridgehead atoms. The topological polar surface area (TPSA) is 17.1 Å². The van der Waals surface area contributed by atoms with Gasteiger partial charge in [-0.2, -0.15) is 0 Å². The van der Waals surface area contributed by atoms with E-state index in [0.717, 1.165) is 24.8 Å². The second-order valence-corrected chi connectivity index (χ2v) is 6.50. The molecule has 1 fully saturated rings. The van der Waals surface area contributed by atoms with E-state index in [1.807, 2.05) is 12.2 Å². The van der Waals surface area contributed by atoms with Crippen LogP contribution in [0.25, 0.3) is 0 Å². The van der Waals surface area contributed by atoms with Crippen molar-refractivity contribution in [2.24, 2.45) is 11.8 Å². The van der Waals surface area contributed by atoms with E-state index < -0.39 is 0 Å². The van der Waals surface area contributed by atoms with Crippen LogP contribution in [0.15, 0.2) is 23.8 Å². The van der Waals surface area contributed by atoms with E-state index in [1.165, 1.54) is 0 Å². The van der Waals surface area contributed by atoms with Gasteiger partial charge in [-0.25, -0.2) is 0 Å². The molecule has 1 saturated carbocycles. The Morgan fingerprint density at radius 3 is 3.00 bits per heavy atom. The Balaban J connectivity index is 2.26. The summed E-state index contributed by atoms with van der Waals surface area (Å²) >= 11 is 3.85. The van der Waals surface area contributed by atoms with Crippen LogP contribution in [0.5, 0.6) is 0 Å². The van der Waals surface area contributed by atoms with Crippen LogP contribution in [-0.2, 0) is 4.79 Å². The lowest BCUT2D eigenvalue weighted by Crippen LogP contribution is -2.32. The minimum atomic E-state index is 0.0252. The first kappa shape index (κ1) is 11.1. The van der Waals surface area contributed by atoms with Crippen molar-refractivity contribution in [3.8, 4) is 0 Å². The molecule has 0 spiro atoms. The maximum absolute atomic E-state index is 11.7. The van der Waals surface area contributed by atoms with Crippen LogP contribution in [0, 0.1) is 11.8 Å². The first-order valence-corrected chi connectivity index (χ1v) is 6.44. The fourth-order valence-electron chi connectivity index (χ4n) is 2.74. The zero-order chi connectivity index (χ0) is 11.1. The quantitative estimate of drug-likeness (QED) is 0.699. The third-order valence-electron chi connectivity index (χ3n) is 3.31. The van der Waals surface area contributed by atoms with Crippen LogP contribution in [-0.4, -0.2) is 10.1 Å². The molecule has 2 aliphatic rings. The molecule has 2 unspecified atom stereocenters. The number of rotatable bonds is 2. The zero-order valence-corrected chi connectivity index (χ0v) is 10.9. The number of alkyl halides is 1. The van der Waals surface area contributed by atoms with E-state index in [-0.39, 0.29) is 4.32 Å². The molecule has 0 aromatic carbocycles. The van der Waals surface area contributed by atoms with Gasteiger partial charge in [-0.3, -0.25) is 4.79 Å². The van der Waals surface area contributed by atoms with Gasteiger partial charge in [0.25, 0.3) is 0 Å². The van der Waals surface area contributed by atoms with E-state index in [9.17, 15) is 4.79 Å². The SMILES string of the molecule is CC(C)CC1(Br)C=CC=C2C(=O)CCC21. The highest BCUT2D eigenvalue weighted by Gasteiger charge is 2.43. The predicted molar refractivity (Wildman–Crippen MR) is 66.1 cm³/mol. The maximum atomic E-state index is 11.7. The van der Waals surface area contributed by atoms with Crippen molar-refractivity contribution in [1.29, 1.82) is 0 Å². The predicted octanol–water partition coefficient (Wildman–Crippen LogP) is 3.64. The Morgan fingerprint density at radius 2 is 2.33 bits per heavy atom. The molecule has 0 radical (unpaired) electrons. The molecule has 0 heterocycles. The minimum Gasteiger partial charge on any atom is -0.295 e. The Morgan fingerprint density at radius 1 is 1.60 bits per heavy atom. The molecule has 2 atom stereocenters. The fraction of sp³-hybridized carbons (Fsp3) is 0.615. The normalized spacial score (nSPS) is 34.5. The van der Waals surface area contributed by atoms with Crippen molar-refractivity contribution in [2.75, 3.05) is 0 Å². The van der Waals surface area contributed by atoms with E-state index in [0.29, 0.717) is 17.6 Å². The average molecular weight is 269 g/mol. The average Bonchev–Trinajstić information content (AvgIpc) is 2.48. The summed E-state index contributed by atoms with van der Waals surface area (Å²) in [6.07, 6.45) is 9.08. The number of Topliss-reactive ketones (excluding diaryl/α,β-unsaturated/α-hetero) is 1. The molecule has 2 heteroatoms. The van der Waals surface area contributed by atoms with Gasteiger partial charge in [0.15, 0.2) is 5.78 Å². The summed E-state index contributed by atoms with van der Waals surface area (Å²) in [6, 6.07) is 0. The van der Waals surface area contributed by atoms with Crippen LogP contribution >= 0.6 is 15.9 Å². The van der Waals surface area contributed by atoms with Crippen molar-refractivity contribution in [3.05, 3.63) is 23.8 Å². The van der Waals surface area contributed by atoms with Gasteiger partial charge in [-0.15, -0.1) is 0 Å². The van der Waals surface area contributed by atoms with Crippen LogP contribution in [0.2, 0.25) is 0 Å². The number of allylic oxidation sites excluding steroid dienone is 4. The molecule has 2 rings (SSSR count). The van der Waals surface area contributed by atoms with E-state index >= 15 is 0 Å². The van der Waals surface area contributed by atoms with Crippen LogP contribution in [0.3, 0.4) is 0 Å². The lowest BCUT2D eigenvalue weighted by Gasteiger charge is -2.34. The molecule has 0 saturated heterocycles. The summed E-state index contributed by atoms with van der Waals surface area (Å²) in [6.45, 7) is 4.46. The molecule has 0 aliphatic heterocycles. The van der Waals surface area contributed by atoms with Gasteiger partial charge in [0, 0.05) is 12.3 Å². The van der Waals surface area contributed by atoms with E-state index in [1.54, 1.807) is 0 Å². The minimum absolute atomic E-state index is 0.0252. The first-order chi connectivity index (χ1) is 7.03. The molecular weight excluding hydrogens is 252 g/mol. The van der Waals surface area contributed by atoms with Crippen LogP contribution < -0.4 is 0 Å². The molecule has 2 aliphatic carbocycles. The molecule has 0 N–H and O–H groups in total. The number of ketones is 1. The van der Waals surface area contributed by atoms with Gasteiger partial charge >= 0.3 is 0 Å². The summed E-state index contributed by atoms with van der Waals surface area (Å²) in [7, 11) is 0. The van der Waals surface area contributed by atoms with Crippen molar-refractivity contribution < 1.29 is 4.79 Å². The highest BCUT2D eigenvalue weighted by molar-refractivity contribution is 9.10. The highest BCUT2D eigenvalue weighted by atomic mass is 79.9. The standard InChI is InChI=1S/C13H17BrO/c1-9(2)8-13(14)7-3-4-10-11(13)5-6-12(10)15/h3-4,7,9,11H,5-6,8H2,1-2H3.